The summed E-state index contributed by atoms with van der Waals surface area (Å²) in [5.74, 6) is 1.04. The van der Waals surface area contributed by atoms with E-state index in [9.17, 15) is 4.79 Å². The van der Waals surface area contributed by atoms with E-state index in [0.717, 1.165) is 25.1 Å². The maximum atomic E-state index is 11.8. The summed E-state index contributed by atoms with van der Waals surface area (Å²) >= 11 is 0. The molecule has 0 spiro atoms. The van der Waals surface area contributed by atoms with Crippen molar-refractivity contribution in [1.29, 1.82) is 0 Å². The Balaban J connectivity index is 2.07. The fourth-order valence-electron chi connectivity index (χ4n) is 2.53. The largest absolute Gasteiger partial charge is 0.497 e. The SMILES string of the molecule is COc1ccc(C2CCCN2CC(=O)N(C)C)cc1. The quantitative estimate of drug-likeness (QED) is 0.831. The summed E-state index contributed by atoms with van der Waals surface area (Å²) in [4.78, 5) is 15.8. The van der Waals surface area contributed by atoms with Gasteiger partial charge in [-0.05, 0) is 37.1 Å². The first-order chi connectivity index (χ1) is 9.11. The molecule has 1 unspecified atom stereocenters. The molecule has 0 aromatic heterocycles. The molecule has 1 fully saturated rings. The van der Waals surface area contributed by atoms with Gasteiger partial charge in [0.1, 0.15) is 5.75 Å². The summed E-state index contributed by atoms with van der Waals surface area (Å²) in [5.41, 5.74) is 1.27. The number of rotatable bonds is 4. The second-order valence-electron chi connectivity index (χ2n) is 5.19. The monoisotopic (exact) mass is 262 g/mol. The second-order valence-corrected chi connectivity index (χ2v) is 5.19. The van der Waals surface area contributed by atoms with Gasteiger partial charge in [0.2, 0.25) is 5.91 Å². The van der Waals surface area contributed by atoms with Gasteiger partial charge in [0.25, 0.3) is 0 Å². The average Bonchev–Trinajstić information content (AvgIpc) is 2.87. The van der Waals surface area contributed by atoms with Crippen LogP contribution in [0, 0.1) is 0 Å². The normalized spacial score (nSPS) is 19.4. The lowest BCUT2D eigenvalue weighted by molar-refractivity contribution is -0.130. The molecule has 19 heavy (non-hydrogen) atoms. The zero-order valence-corrected chi connectivity index (χ0v) is 11.9. The molecule has 1 amide bonds. The topological polar surface area (TPSA) is 32.8 Å². The van der Waals surface area contributed by atoms with E-state index in [2.05, 4.69) is 17.0 Å². The van der Waals surface area contributed by atoms with E-state index in [4.69, 9.17) is 4.74 Å². The summed E-state index contributed by atoms with van der Waals surface area (Å²) in [6.07, 6.45) is 2.27. The number of carbonyl (C=O) groups excluding carboxylic acids is 1. The van der Waals surface area contributed by atoms with Crippen molar-refractivity contribution in [2.75, 3.05) is 34.3 Å². The molecule has 0 aliphatic carbocycles. The molecule has 1 aliphatic heterocycles. The molecule has 1 aliphatic rings. The molecular formula is C15H22N2O2. The molecule has 0 saturated carbocycles. The van der Waals surface area contributed by atoms with Gasteiger partial charge in [-0.2, -0.15) is 0 Å². The van der Waals surface area contributed by atoms with Gasteiger partial charge in [0.15, 0.2) is 0 Å². The highest BCUT2D eigenvalue weighted by Gasteiger charge is 2.27. The van der Waals surface area contributed by atoms with Gasteiger partial charge in [0.05, 0.1) is 13.7 Å². The van der Waals surface area contributed by atoms with Crippen LogP contribution in [0.25, 0.3) is 0 Å². The molecule has 1 saturated heterocycles. The van der Waals surface area contributed by atoms with Crippen LogP contribution in [-0.4, -0.2) is 50.0 Å². The number of hydrogen-bond donors (Lipinski definition) is 0. The Kier molecular flexibility index (Phi) is 4.43. The highest BCUT2D eigenvalue weighted by atomic mass is 16.5. The number of likely N-dealkylation sites (tertiary alicyclic amines) is 1. The molecule has 2 rings (SSSR count). The number of methoxy groups -OCH3 is 1. The van der Waals surface area contributed by atoms with Gasteiger partial charge < -0.3 is 9.64 Å². The number of benzene rings is 1. The predicted molar refractivity (Wildman–Crippen MR) is 75.2 cm³/mol. The van der Waals surface area contributed by atoms with E-state index in [1.165, 1.54) is 5.56 Å². The number of carbonyl (C=O) groups is 1. The number of amides is 1. The number of ether oxygens (including phenoxy) is 1. The Bertz CT molecular complexity index is 428. The Morgan fingerprint density at radius 3 is 2.63 bits per heavy atom. The molecule has 1 atom stereocenters. The molecule has 4 nitrogen and oxygen atoms in total. The van der Waals surface area contributed by atoms with E-state index in [1.807, 2.05) is 12.1 Å². The summed E-state index contributed by atoms with van der Waals surface area (Å²) in [6.45, 7) is 1.50. The van der Waals surface area contributed by atoms with E-state index in [0.29, 0.717) is 12.6 Å². The zero-order valence-electron chi connectivity index (χ0n) is 11.9. The molecule has 1 aromatic rings. The molecule has 4 heteroatoms. The highest BCUT2D eigenvalue weighted by Crippen LogP contribution is 2.32. The molecule has 0 N–H and O–H groups in total. The molecule has 1 heterocycles. The third-order valence-corrected chi connectivity index (χ3v) is 3.70. The van der Waals surface area contributed by atoms with Crippen LogP contribution in [0.15, 0.2) is 24.3 Å². The second kappa shape index (κ2) is 6.06. The summed E-state index contributed by atoms with van der Waals surface area (Å²) in [5, 5.41) is 0. The maximum absolute atomic E-state index is 11.8. The van der Waals surface area contributed by atoms with Crippen molar-refractivity contribution < 1.29 is 9.53 Å². The van der Waals surface area contributed by atoms with Gasteiger partial charge in [-0.15, -0.1) is 0 Å². The van der Waals surface area contributed by atoms with Crippen molar-refractivity contribution in [3.05, 3.63) is 29.8 Å². The lowest BCUT2D eigenvalue weighted by Crippen LogP contribution is -2.36. The summed E-state index contributed by atoms with van der Waals surface area (Å²) < 4.78 is 5.18. The minimum absolute atomic E-state index is 0.167. The number of nitrogens with zero attached hydrogens (tertiary/aromatic N) is 2. The summed E-state index contributed by atoms with van der Waals surface area (Å²) in [6, 6.07) is 8.53. The van der Waals surface area contributed by atoms with Crippen LogP contribution >= 0.6 is 0 Å². The van der Waals surface area contributed by atoms with Crippen molar-refractivity contribution in [2.24, 2.45) is 0 Å². The van der Waals surface area contributed by atoms with Crippen LogP contribution in [-0.2, 0) is 4.79 Å². The van der Waals surface area contributed by atoms with Crippen molar-refractivity contribution >= 4 is 5.91 Å². The molecular weight excluding hydrogens is 240 g/mol. The smallest absolute Gasteiger partial charge is 0.236 e. The number of hydrogen-bond acceptors (Lipinski definition) is 3. The van der Waals surface area contributed by atoms with Crippen molar-refractivity contribution in [3.8, 4) is 5.75 Å². The van der Waals surface area contributed by atoms with E-state index in [1.54, 1.807) is 26.1 Å². The van der Waals surface area contributed by atoms with E-state index >= 15 is 0 Å². The Hall–Kier alpha value is -1.55. The third kappa shape index (κ3) is 3.26. The van der Waals surface area contributed by atoms with Crippen LogP contribution in [0.5, 0.6) is 5.75 Å². The minimum Gasteiger partial charge on any atom is -0.497 e. The third-order valence-electron chi connectivity index (χ3n) is 3.70. The van der Waals surface area contributed by atoms with Crippen LogP contribution < -0.4 is 4.74 Å². The van der Waals surface area contributed by atoms with Crippen molar-refractivity contribution in [1.82, 2.24) is 9.80 Å². The van der Waals surface area contributed by atoms with Crippen LogP contribution in [0.3, 0.4) is 0 Å². The first kappa shape index (κ1) is 13.9. The van der Waals surface area contributed by atoms with Crippen LogP contribution in [0.1, 0.15) is 24.4 Å². The van der Waals surface area contributed by atoms with Crippen molar-refractivity contribution in [3.63, 3.8) is 0 Å². The van der Waals surface area contributed by atoms with Crippen molar-refractivity contribution in [2.45, 2.75) is 18.9 Å². The highest BCUT2D eigenvalue weighted by molar-refractivity contribution is 5.77. The first-order valence-electron chi connectivity index (χ1n) is 6.70. The van der Waals surface area contributed by atoms with Gasteiger partial charge in [0, 0.05) is 20.1 Å². The Morgan fingerprint density at radius 1 is 1.37 bits per heavy atom. The average molecular weight is 262 g/mol. The molecule has 104 valence electrons. The van der Waals surface area contributed by atoms with Crippen LogP contribution in [0.4, 0.5) is 0 Å². The Labute approximate surface area is 115 Å². The lowest BCUT2D eigenvalue weighted by Gasteiger charge is -2.25. The lowest BCUT2D eigenvalue weighted by atomic mass is 10.0. The maximum Gasteiger partial charge on any atom is 0.236 e. The van der Waals surface area contributed by atoms with Gasteiger partial charge >= 0.3 is 0 Å². The number of likely N-dealkylation sites (N-methyl/N-ethyl adjacent to an activating group) is 1. The van der Waals surface area contributed by atoms with Gasteiger partial charge in [-0.3, -0.25) is 9.69 Å². The molecule has 0 bridgehead atoms. The predicted octanol–water partition coefficient (Wildman–Crippen LogP) is 1.92. The standard InChI is InChI=1S/C15H22N2O2/c1-16(2)15(18)11-17-10-4-5-14(17)12-6-8-13(19-3)9-7-12/h6-9,14H,4-5,10-11H2,1-3H3. The minimum atomic E-state index is 0.167. The first-order valence-corrected chi connectivity index (χ1v) is 6.70. The zero-order chi connectivity index (χ0) is 13.8. The molecule has 0 radical (unpaired) electrons. The summed E-state index contributed by atoms with van der Waals surface area (Å²) in [7, 11) is 5.29. The molecule has 1 aromatic carbocycles. The fraction of sp³-hybridized carbons (Fsp3) is 0.533. The van der Waals surface area contributed by atoms with Gasteiger partial charge in [-0.1, -0.05) is 12.1 Å². The Morgan fingerprint density at radius 2 is 2.05 bits per heavy atom. The van der Waals surface area contributed by atoms with Crippen LogP contribution in [0.2, 0.25) is 0 Å². The van der Waals surface area contributed by atoms with Gasteiger partial charge in [-0.25, -0.2) is 0 Å². The van der Waals surface area contributed by atoms with E-state index in [-0.39, 0.29) is 5.91 Å². The fourth-order valence-corrected chi connectivity index (χ4v) is 2.53. The van der Waals surface area contributed by atoms with E-state index < -0.39 is 0 Å².